The minimum Gasteiger partial charge on any atom is -0.0843 e. The normalized spacial score (nSPS) is 10.1. The zero-order valence-electron chi connectivity index (χ0n) is 6.27. The zero-order valence-corrected chi connectivity index (χ0v) is 7.78. The molecule has 11 heavy (non-hydrogen) atoms. The summed E-state index contributed by atoms with van der Waals surface area (Å²) in [6.07, 6.45) is 2.96. The van der Waals surface area contributed by atoms with Crippen LogP contribution < -0.4 is 0 Å². The van der Waals surface area contributed by atoms with E-state index in [1.54, 1.807) is 6.07 Å². The number of benzene rings is 1. The Bertz CT molecular complexity index is 243. The lowest BCUT2D eigenvalue weighted by molar-refractivity contribution is 1.14. The van der Waals surface area contributed by atoms with Gasteiger partial charge < -0.3 is 0 Å². The molecule has 0 saturated carbocycles. The molecule has 0 bridgehead atoms. The van der Waals surface area contributed by atoms with E-state index in [-0.39, 0.29) is 0 Å². The summed E-state index contributed by atoms with van der Waals surface area (Å²) >= 11 is 11.6. The van der Waals surface area contributed by atoms with Crippen LogP contribution in [0.2, 0.25) is 10.0 Å². The number of halogens is 2. The highest BCUT2D eigenvalue weighted by atomic mass is 35.5. The predicted molar refractivity (Wildman–Crippen MR) is 50.1 cm³/mol. The summed E-state index contributed by atoms with van der Waals surface area (Å²) in [6.45, 7) is 2.00. The molecule has 0 heterocycles. The number of hydrogen-bond donors (Lipinski definition) is 0. The Kier molecular flexibility index (Phi) is 3.22. The van der Waals surface area contributed by atoms with Crippen molar-refractivity contribution in [1.82, 2.24) is 0 Å². The standard InChI is InChI=1S/C9H9Cl2/c1-2-3-7-4-5-8(10)6-9(7)11/h2,4-6H,3H2,1H3. The average molecular weight is 188 g/mol. The Labute approximate surface area is 77.1 Å². The monoisotopic (exact) mass is 187 g/mol. The van der Waals surface area contributed by atoms with Gasteiger partial charge in [-0.05, 0) is 30.5 Å². The largest absolute Gasteiger partial charge is 0.0843 e. The molecule has 0 aliphatic heterocycles. The van der Waals surface area contributed by atoms with Crippen LogP contribution >= 0.6 is 23.2 Å². The third kappa shape index (κ3) is 2.39. The van der Waals surface area contributed by atoms with Crippen molar-refractivity contribution < 1.29 is 0 Å². The Balaban J connectivity index is 2.90. The highest BCUT2D eigenvalue weighted by molar-refractivity contribution is 6.35. The molecule has 0 atom stereocenters. The Morgan fingerprint density at radius 2 is 2.09 bits per heavy atom. The zero-order chi connectivity index (χ0) is 8.27. The molecule has 1 aromatic rings. The molecule has 59 valence electrons. The molecule has 0 fully saturated rings. The molecule has 0 aliphatic rings. The fourth-order valence-corrected chi connectivity index (χ4v) is 1.39. The van der Waals surface area contributed by atoms with Gasteiger partial charge in [-0.1, -0.05) is 36.2 Å². The Morgan fingerprint density at radius 3 is 2.64 bits per heavy atom. The topological polar surface area (TPSA) is 0 Å². The number of hydrogen-bond acceptors (Lipinski definition) is 0. The van der Waals surface area contributed by atoms with Crippen molar-refractivity contribution in [1.29, 1.82) is 0 Å². The summed E-state index contributed by atoms with van der Waals surface area (Å²) in [5.74, 6) is 0. The summed E-state index contributed by atoms with van der Waals surface area (Å²) in [5.41, 5.74) is 1.12. The third-order valence-corrected chi connectivity index (χ3v) is 2.03. The van der Waals surface area contributed by atoms with Gasteiger partial charge >= 0.3 is 0 Å². The molecule has 0 saturated heterocycles. The predicted octanol–water partition coefficient (Wildman–Crippen LogP) is 3.76. The lowest BCUT2D eigenvalue weighted by Crippen LogP contribution is -1.84. The van der Waals surface area contributed by atoms with E-state index in [0.717, 1.165) is 17.0 Å². The highest BCUT2D eigenvalue weighted by Gasteiger charge is 1.98. The van der Waals surface area contributed by atoms with Gasteiger partial charge in [0.1, 0.15) is 0 Å². The van der Waals surface area contributed by atoms with Gasteiger partial charge in [0.15, 0.2) is 0 Å². The van der Waals surface area contributed by atoms with Crippen LogP contribution in [-0.2, 0) is 6.42 Å². The highest BCUT2D eigenvalue weighted by Crippen LogP contribution is 2.21. The van der Waals surface area contributed by atoms with Gasteiger partial charge in [0.2, 0.25) is 0 Å². The Hall–Kier alpha value is -0.200. The van der Waals surface area contributed by atoms with Crippen LogP contribution in [-0.4, -0.2) is 0 Å². The second-order valence-corrected chi connectivity index (χ2v) is 3.19. The Morgan fingerprint density at radius 1 is 1.36 bits per heavy atom. The van der Waals surface area contributed by atoms with E-state index in [2.05, 4.69) is 6.42 Å². The van der Waals surface area contributed by atoms with E-state index < -0.39 is 0 Å². The van der Waals surface area contributed by atoms with Crippen molar-refractivity contribution >= 4 is 23.2 Å². The maximum Gasteiger partial charge on any atom is 0.0452 e. The maximum atomic E-state index is 5.90. The first-order chi connectivity index (χ1) is 5.24. The smallest absolute Gasteiger partial charge is 0.0452 e. The van der Waals surface area contributed by atoms with Crippen LogP contribution in [0.3, 0.4) is 0 Å². The fourth-order valence-electron chi connectivity index (χ4n) is 0.907. The van der Waals surface area contributed by atoms with E-state index in [1.165, 1.54) is 0 Å². The molecule has 0 amide bonds. The van der Waals surface area contributed by atoms with Crippen LogP contribution in [0.4, 0.5) is 0 Å². The number of rotatable bonds is 2. The summed E-state index contributed by atoms with van der Waals surface area (Å²) < 4.78 is 0. The first-order valence-electron chi connectivity index (χ1n) is 3.46. The van der Waals surface area contributed by atoms with Crippen LogP contribution in [0.5, 0.6) is 0 Å². The van der Waals surface area contributed by atoms with E-state index in [9.17, 15) is 0 Å². The molecule has 0 spiro atoms. The van der Waals surface area contributed by atoms with Gasteiger partial charge in [-0.15, -0.1) is 0 Å². The molecule has 1 radical (unpaired) electrons. The molecule has 1 rings (SSSR count). The van der Waals surface area contributed by atoms with Crippen LogP contribution in [0.15, 0.2) is 18.2 Å². The molecule has 0 N–H and O–H groups in total. The van der Waals surface area contributed by atoms with Gasteiger partial charge in [-0.2, -0.15) is 0 Å². The van der Waals surface area contributed by atoms with Crippen LogP contribution in [0.1, 0.15) is 12.5 Å². The van der Waals surface area contributed by atoms with Crippen LogP contribution in [0.25, 0.3) is 0 Å². The molecule has 0 nitrogen and oxygen atoms in total. The van der Waals surface area contributed by atoms with Crippen molar-refractivity contribution in [3.05, 3.63) is 40.2 Å². The van der Waals surface area contributed by atoms with Crippen LogP contribution in [0, 0.1) is 6.42 Å². The second-order valence-electron chi connectivity index (χ2n) is 2.35. The lowest BCUT2D eigenvalue weighted by Gasteiger charge is -2.01. The molecular weight excluding hydrogens is 179 g/mol. The van der Waals surface area contributed by atoms with Gasteiger partial charge in [0, 0.05) is 10.0 Å². The molecule has 0 aliphatic carbocycles. The van der Waals surface area contributed by atoms with E-state index in [0.29, 0.717) is 5.02 Å². The molecular formula is C9H9Cl2. The second kappa shape index (κ2) is 3.99. The quantitative estimate of drug-likeness (QED) is 0.662. The molecule has 0 aromatic heterocycles. The van der Waals surface area contributed by atoms with Gasteiger partial charge in [0.25, 0.3) is 0 Å². The summed E-state index contributed by atoms with van der Waals surface area (Å²) in [7, 11) is 0. The van der Waals surface area contributed by atoms with E-state index in [4.69, 9.17) is 23.2 Å². The van der Waals surface area contributed by atoms with Crippen molar-refractivity contribution in [2.45, 2.75) is 13.3 Å². The average Bonchev–Trinajstić information content (AvgIpc) is 1.95. The summed E-state index contributed by atoms with van der Waals surface area (Å²) in [6, 6.07) is 5.57. The molecule has 1 aromatic carbocycles. The van der Waals surface area contributed by atoms with Gasteiger partial charge in [0.05, 0.1) is 0 Å². The summed E-state index contributed by atoms with van der Waals surface area (Å²) in [4.78, 5) is 0. The minimum atomic E-state index is 0.690. The lowest BCUT2D eigenvalue weighted by atomic mass is 10.1. The summed E-state index contributed by atoms with van der Waals surface area (Å²) in [5, 5.41) is 1.44. The van der Waals surface area contributed by atoms with Crippen molar-refractivity contribution in [2.75, 3.05) is 0 Å². The fraction of sp³-hybridized carbons (Fsp3) is 0.222. The van der Waals surface area contributed by atoms with Crippen molar-refractivity contribution in [2.24, 2.45) is 0 Å². The van der Waals surface area contributed by atoms with E-state index in [1.807, 2.05) is 19.1 Å². The van der Waals surface area contributed by atoms with Gasteiger partial charge in [-0.25, -0.2) is 0 Å². The van der Waals surface area contributed by atoms with Crippen molar-refractivity contribution in [3.63, 3.8) is 0 Å². The first-order valence-corrected chi connectivity index (χ1v) is 4.21. The van der Waals surface area contributed by atoms with Gasteiger partial charge in [-0.3, -0.25) is 0 Å². The minimum absolute atomic E-state index is 0.690. The maximum absolute atomic E-state index is 5.90. The third-order valence-electron chi connectivity index (χ3n) is 1.44. The SMILES string of the molecule is C[CH]Cc1ccc(Cl)cc1Cl. The molecule has 2 heteroatoms. The van der Waals surface area contributed by atoms with Crippen molar-refractivity contribution in [3.8, 4) is 0 Å². The first kappa shape index (κ1) is 8.89. The molecule has 0 unspecified atom stereocenters. The van der Waals surface area contributed by atoms with E-state index >= 15 is 0 Å².